The van der Waals surface area contributed by atoms with Gasteiger partial charge in [-0.25, -0.2) is 18.0 Å². The highest BCUT2D eigenvalue weighted by atomic mass is 19.1. The standard InChI is InChI=1S/C20H19F3O2.H2/c1-12-2-4-13(5-3-12)14-10-17(22)19(18(23)11-14)20(24)25-16-8-6-15(21)7-9-16;/h6-13H,2-5H2,1H3;1H. The molecule has 0 N–H and O–H groups in total. The zero-order valence-electron chi connectivity index (χ0n) is 13.9. The Morgan fingerprint density at radius 3 is 2.12 bits per heavy atom. The third-order valence-corrected chi connectivity index (χ3v) is 4.78. The van der Waals surface area contributed by atoms with Crippen molar-refractivity contribution in [3.63, 3.8) is 0 Å². The molecule has 1 aliphatic carbocycles. The molecule has 0 aliphatic heterocycles. The molecule has 0 saturated heterocycles. The first kappa shape index (κ1) is 17.5. The number of hydrogen-bond donors (Lipinski definition) is 0. The Balaban J connectivity index is 0.00000243. The molecular formula is C20H21F3O2. The Morgan fingerprint density at radius 2 is 1.56 bits per heavy atom. The molecule has 0 bridgehead atoms. The van der Waals surface area contributed by atoms with Crippen LogP contribution in [0, 0.1) is 23.4 Å². The molecule has 1 fully saturated rings. The molecular weight excluding hydrogens is 329 g/mol. The molecule has 2 aromatic carbocycles. The first-order valence-corrected chi connectivity index (χ1v) is 8.40. The normalized spacial score (nSPS) is 20.3. The summed E-state index contributed by atoms with van der Waals surface area (Å²) in [7, 11) is 0. The fourth-order valence-corrected chi connectivity index (χ4v) is 3.28. The second-order valence-corrected chi connectivity index (χ2v) is 6.66. The number of ether oxygens (including phenoxy) is 1. The number of benzene rings is 2. The van der Waals surface area contributed by atoms with Gasteiger partial charge >= 0.3 is 5.97 Å². The predicted octanol–water partition coefficient (Wildman–Crippen LogP) is 5.86. The molecule has 5 heteroatoms. The van der Waals surface area contributed by atoms with E-state index in [0.717, 1.165) is 37.8 Å². The maximum absolute atomic E-state index is 14.4. The summed E-state index contributed by atoms with van der Waals surface area (Å²) in [6, 6.07) is 7.10. The monoisotopic (exact) mass is 350 g/mol. The van der Waals surface area contributed by atoms with Gasteiger partial charge in [-0.3, -0.25) is 0 Å². The Kier molecular flexibility index (Phi) is 5.11. The van der Waals surface area contributed by atoms with Crippen molar-refractivity contribution in [2.75, 3.05) is 0 Å². The molecule has 1 aliphatic rings. The van der Waals surface area contributed by atoms with Crippen LogP contribution in [0.3, 0.4) is 0 Å². The third kappa shape index (κ3) is 4.03. The first-order chi connectivity index (χ1) is 11.9. The summed E-state index contributed by atoms with van der Waals surface area (Å²) in [6.07, 6.45) is 3.84. The highest BCUT2D eigenvalue weighted by Gasteiger charge is 2.25. The molecule has 3 rings (SSSR count). The predicted molar refractivity (Wildman–Crippen MR) is 90.2 cm³/mol. The van der Waals surface area contributed by atoms with Crippen LogP contribution in [0.1, 0.15) is 55.9 Å². The second-order valence-electron chi connectivity index (χ2n) is 6.66. The molecule has 25 heavy (non-hydrogen) atoms. The Morgan fingerprint density at radius 1 is 1.00 bits per heavy atom. The number of rotatable bonds is 3. The summed E-state index contributed by atoms with van der Waals surface area (Å²) in [5.41, 5.74) is -0.141. The number of esters is 1. The number of hydrogen-bond acceptors (Lipinski definition) is 2. The summed E-state index contributed by atoms with van der Waals surface area (Å²) in [6.45, 7) is 2.17. The van der Waals surface area contributed by atoms with Crippen molar-refractivity contribution < 1.29 is 24.1 Å². The van der Waals surface area contributed by atoms with E-state index >= 15 is 0 Å². The average molecular weight is 350 g/mol. The van der Waals surface area contributed by atoms with Crippen molar-refractivity contribution in [2.45, 2.75) is 38.5 Å². The Bertz CT molecular complexity index is 746. The molecule has 0 amide bonds. The van der Waals surface area contributed by atoms with E-state index in [1.807, 2.05) is 0 Å². The first-order valence-electron chi connectivity index (χ1n) is 8.40. The molecule has 2 nitrogen and oxygen atoms in total. The fourth-order valence-electron chi connectivity index (χ4n) is 3.28. The van der Waals surface area contributed by atoms with Gasteiger partial charge in [-0.15, -0.1) is 0 Å². The molecule has 134 valence electrons. The molecule has 0 spiro atoms. The zero-order valence-corrected chi connectivity index (χ0v) is 13.9. The SMILES string of the molecule is CC1CCC(c2cc(F)c(C(=O)Oc3ccc(F)cc3)c(F)c2)CC1.[HH]. The highest BCUT2D eigenvalue weighted by Crippen LogP contribution is 2.36. The summed E-state index contributed by atoms with van der Waals surface area (Å²) >= 11 is 0. The Hall–Kier alpha value is -2.30. The van der Waals surface area contributed by atoms with E-state index in [-0.39, 0.29) is 13.1 Å². The van der Waals surface area contributed by atoms with Gasteiger partial charge in [-0.2, -0.15) is 0 Å². The van der Waals surface area contributed by atoms with Gasteiger partial charge in [0.1, 0.15) is 28.8 Å². The number of carbonyl (C=O) groups excluding carboxylic acids is 1. The van der Waals surface area contributed by atoms with Gasteiger partial charge in [0.05, 0.1) is 0 Å². The molecule has 1 saturated carbocycles. The lowest BCUT2D eigenvalue weighted by atomic mass is 9.79. The van der Waals surface area contributed by atoms with Crippen LogP contribution in [-0.4, -0.2) is 5.97 Å². The van der Waals surface area contributed by atoms with Gasteiger partial charge < -0.3 is 4.74 Å². The van der Waals surface area contributed by atoms with E-state index < -0.39 is 29.0 Å². The van der Waals surface area contributed by atoms with E-state index in [4.69, 9.17) is 4.74 Å². The average Bonchev–Trinajstić information content (AvgIpc) is 2.57. The topological polar surface area (TPSA) is 26.3 Å². The maximum Gasteiger partial charge on any atom is 0.349 e. The van der Waals surface area contributed by atoms with Crippen LogP contribution in [0.2, 0.25) is 0 Å². The van der Waals surface area contributed by atoms with Crippen molar-refractivity contribution in [3.8, 4) is 5.75 Å². The van der Waals surface area contributed by atoms with Crippen molar-refractivity contribution >= 4 is 5.97 Å². The Labute approximate surface area is 146 Å². The minimum atomic E-state index is -1.13. The molecule has 0 aromatic heterocycles. The van der Waals surface area contributed by atoms with E-state index in [9.17, 15) is 18.0 Å². The van der Waals surface area contributed by atoms with Crippen LogP contribution >= 0.6 is 0 Å². The van der Waals surface area contributed by atoms with Crippen molar-refractivity contribution in [2.24, 2.45) is 5.92 Å². The van der Waals surface area contributed by atoms with Crippen LogP contribution < -0.4 is 4.74 Å². The lowest BCUT2D eigenvalue weighted by Gasteiger charge is -2.26. The van der Waals surface area contributed by atoms with E-state index in [1.165, 1.54) is 24.3 Å². The molecule has 0 atom stereocenters. The van der Waals surface area contributed by atoms with Crippen LogP contribution in [0.5, 0.6) is 5.75 Å². The van der Waals surface area contributed by atoms with E-state index in [2.05, 4.69) is 6.92 Å². The summed E-state index contributed by atoms with van der Waals surface area (Å²) in [4.78, 5) is 12.1. The molecule has 0 radical (unpaired) electrons. The molecule has 2 aromatic rings. The summed E-state index contributed by atoms with van der Waals surface area (Å²) < 4.78 is 46.5. The van der Waals surface area contributed by atoms with Gasteiger partial charge in [0.25, 0.3) is 0 Å². The zero-order chi connectivity index (χ0) is 18.0. The smallest absolute Gasteiger partial charge is 0.349 e. The van der Waals surface area contributed by atoms with Gasteiger partial charge in [0, 0.05) is 1.43 Å². The van der Waals surface area contributed by atoms with Gasteiger partial charge in [0.15, 0.2) is 0 Å². The van der Waals surface area contributed by atoms with E-state index in [1.54, 1.807) is 0 Å². The van der Waals surface area contributed by atoms with Crippen molar-refractivity contribution in [1.29, 1.82) is 0 Å². The summed E-state index contributed by atoms with van der Waals surface area (Å²) in [5, 5.41) is 0. The quantitative estimate of drug-likeness (QED) is 0.512. The number of halogens is 3. The highest BCUT2D eigenvalue weighted by molar-refractivity contribution is 5.91. The second kappa shape index (κ2) is 7.30. The van der Waals surface area contributed by atoms with E-state index in [0.29, 0.717) is 11.5 Å². The van der Waals surface area contributed by atoms with Crippen LogP contribution in [0.25, 0.3) is 0 Å². The maximum atomic E-state index is 14.4. The molecule has 0 heterocycles. The van der Waals surface area contributed by atoms with Gasteiger partial charge in [-0.05, 0) is 66.6 Å². The minimum absolute atomic E-state index is 0. The summed E-state index contributed by atoms with van der Waals surface area (Å²) in [5.74, 6) is -2.72. The van der Waals surface area contributed by atoms with Crippen LogP contribution in [0.4, 0.5) is 13.2 Å². The molecule has 0 unspecified atom stereocenters. The fraction of sp³-hybridized carbons (Fsp3) is 0.350. The van der Waals surface area contributed by atoms with Crippen molar-refractivity contribution in [3.05, 3.63) is 65.0 Å². The third-order valence-electron chi connectivity index (χ3n) is 4.78. The minimum Gasteiger partial charge on any atom is -0.423 e. The largest absolute Gasteiger partial charge is 0.423 e. The van der Waals surface area contributed by atoms with Crippen LogP contribution in [0.15, 0.2) is 36.4 Å². The lowest BCUT2D eigenvalue weighted by molar-refractivity contribution is 0.0724. The number of carbonyl (C=O) groups is 1. The van der Waals surface area contributed by atoms with Crippen molar-refractivity contribution in [1.82, 2.24) is 0 Å². The van der Waals surface area contributed by atoms with Gasteiger partial charge in [-0.1, -0.05) is 19.8 Å². The van der Waals surface area contributed by atoms with Gasteiger partial charge in [0.2, 0.25) is 0 Å². The lowest BCUT2D eigenvalue weighted by Crippen LogP contribution is -2.16. The van der Waals surface area contributed by atoms with Crippen LogP contribution in [-0.2, 0) is 0 Å².